The van der Waals surface area contributed by atoms with Crippen LogP contribution in [0.25, 0.3) is 0 Å². The predicted octanol–water partition coefficient (Wildman–Crippen LogP) is 4.55. The molecule has 0 aliphatic heterocycles. The first-order valence-electron chi connectivity index (χ1n) is 6.93. The molecule has 0 amide bonds. The molecule has 1 saturated carbocycles. The summed E-state index contributed by atoms with van der Waals surface area (Å²) in [5.41, 5.74) is 1.27. The van der Waals surface area contributed by atoms with Crippen molar-refractivity contribution in [3.63, 3.8) is 0 Å². The molecule has 93 valence electrons. The Morgan fingerprint density at radius 1 is 0.941 bits per heavy atom. The number of hydrogen-bond donors (Lipinski definition) is 0. The van der Waals surface area contributed by atoms with Crippen LogP contribution in [-0.2, 0) is 6.42 Å². The van der Waals surface area contributed by atoms with Crippen LogP contribution in [0.5, 0.6) is 5.75 Å². The Morgan fingerprint density at radius 3 is 2.12 bits per heavy atom. The summed E-state index contributed by atoms with van der Waals surface area (Å²) >= 11 is 0. The number of rotatable bonds is 3. The van der Waals surface area contributed by atoms with Crippen LogP contribution in [0.4, 0.5) is 0 Å². The maximum atomic E-state index is 6.07. The lowest BCUT2D eigenvalue weighted by atomic mass is 9.98. The molecule has 1 aliphatic rings. The van der Waals surface area contributed by atoms with E-state index in [-0.39, 0.29) is 0 Å². The van der Waals surface area contributed by atoms with E-state index in [1.807, 2.05) is 0 Å². The highest BCUT2D eigenvalue weighted by molar-refractivity contribution is 5.27. The van der Waals surface area contributed by atoms with Gasteiger partial charge in [0.15, 0.2) is 0 Å². The van der Waals surface area contributed by atoms with Crippen molar-refractivity contribution in [2.45, 2.75) is 57.5 Å². The largest absolute Gasteiger partial charge is 0.490 e. The number of ether oxygens (including phenoxy) is 1. The van der Waals surface area contributed by atoms with Gasteiger partial charge in [0.2, 0.25) is 0 Å². The molecular formula is C16H23O. The van der Waals surface area contributed by atoms with E-state index in [1.165, 1.54) is 50.5 Å². The molecule has 1 aromatic rings. The topological polar surface area (TPSA) is 9.23 Å². The molecule has 0 bridgehead atoms. The van der Waals surface area contributed by atoms with Crippen molar-refractivity contribution in [2.75, 3.05) is 0 Å². The predicted molar refractivity (Wildman–Crippen MR) is 72.2 cm³/mol. The first kappa shape index (κ1) is 12.5. The van der Waals surface area contributed by atoms with Crippen LogP contribution in [0.3, 0.4) is 0 Å². The van der Waals surface area contributed by atoms with E-state index in [0.717, 1.165) is 12.2 Å². The minimum atomic E-state index is 0.431. The van der Waals surface area contributed by atoms with E-state index in [0.29, 0.717) is 6.10 Å². The van der Waals surface area contributed by atoms with Gasteiger partial charge in [0.1, 0.15) is 5.75 Å². The minimum Gasteiger partial charge on any atom is -0.490 e. The van der Waals surface area contributed by atoms with Gasteiger partial charge in [-0.3, -0.25) is 0 Å². The molecule has 1 radical (unpaired) electrons. The van der Waals surface area contributed by atoms with Crippen molar-refractivity contribution < 1.29 is 4.74 Å². The average molecular weight is 231 g/mol. The summed E-state index contributed by atoms with van der Waals surface area (Å²) in [6.45, 7) is 3.88. The number of hydrogen-bond acceptors (Lipinski definition) is 1. The second-order valence-corrected chi connectivity index (χ2v) is 4.98. The molecule has 0 unspecified atom stereocenters. The van der Waals surface area contributed by atoms with Crippen molar-refractivity contribution in [3.05, 3.63) is 36.8 Å². The maximum Gasteiger partial charge on any atom is 0.119 e. The Balaban J connectivity index is 1.88. The normalized spacial score (nSPS) is 18.4. The van der Waals surface area contributed by atoms with Crippen LogP contribution in [0.2, 0.25) is 0 Å². The minimum absolute atomic E-state index is 0.431. The molecule has 1 aromatic carbocycles. The van der Waals surface area contributed by atoms with Crippen molar-refractivity contribution in [3.8, 4) is 5.75 Å². The second kappa shape index (κ2) is 6.68. The summed E-state index contributed by atoms with van der Waals surface area (Å²) in [4.78, 5) is 0. The SMILES string of the molecule is [CH2]Cc1ccc(OC2CCCCCCC2)cc1. The van der Waals surface area contributed by atoms with E-state index >= 15 is 0 Å². The molecule has 0 heterocycles. The fourth-order valence-corrected chi connectivity index (χ4v) is 2.46. The molecular weight excluding hydrogens is 208 g/mol. The van der Waals surface area contributed by atoms with Crippen LogP contribution in [0, 0.1) is 6.92 Å². The monoisotopic (exact) mass is 231 g/mol. The maximum absolute atomic E-state index is 6.07. The quantitative estimate of drug-likeness (QED) is 0.741. The highest BCUT2D eigenvalue weighted by Gasteiger charge is 2.12. The van der Waals surface area contributed by atoms with E-state index in [4.69, 9.17) is 4.74 Å². The molecule has 1 nitrogen and oxygen atoms in total. The molecule has 0 aromatic heterocycles. The highest BCUT2D eigenvalue weighted by Crippen LogP contribution is 2.22. The fourth-order valence-electron chi connectivity index (χ4n) is 2.46. The molecule has 0 atom stereocenters. The summed E-state index contributed by atoms with van der Waals surface area (Å²) in [6, 6.07) is 8.40. The lowest BCUT2D eigenvalue weighted by molar-refractivity contribution is 0.166. The molecule has 0 saturated heterocycles. The molecule has 1 aliphatic carbocycles. The molecule has 0 spiro atoms. The summed E-state index contributed by atoms with van der Waals surface area (Å²) in [5.74, 6) is 1.02. The van der Waals surface area contributed by atoms with Crippen LogP contribution >= 0.6 is 0 Å². The third-order valence-electron chi connectivity index (χ3n) is 3.57. The second-order valence-electron chi connectivity index (χ2n) is 4.98. The van der Waals surface area contributed by atoms with Gasteiger partial charge in [0.05, 0.1) is 6.10 Å². The summed E-state index contributed by atoms with van der Waals surface area (Å²) in [6.07, 6.45) is 10.5. The summed E-state index contributed by atoms with van der Waals surface area (Å²) in [5, 5.41) is 0. The Morgan fingerprint density at radius 2 is 1.53 bits per heavy atom. The fraction of sp³-hybridized carbons (Fsp3) is 0.562. The zero-order valence-corrected chi connectivity index (χ0v) is 10.7. The standard InChI is InChI=1S/C16H23O/c1-2-14-10-12-16(13-11-14)17-15-8-6-4-3-5-7-9-15/h10-13,15H,1-9H2. The van der Waals surface area contributed by atoms with Gasteiger partial charge < -0.3 is 4.74 Å². The smallest absolute Gasteiger partial charge is 0.119 e. The van der Waals surface area contributed by atoms with Crippen LogP contribution < -0.4 is 4.74 Å². The third kappa shape index (κ3) is 4.07. The van der Waals surface area contributed by atoms with E-state index < -0.39 is 0 Å². The van der Waals surface area contributed by atoms with E-state index in [1.54, 1.807) is 0 Å². The zero-order chi connectivity index (χ0) is 11.9. The van der Waals surface area contributed by atoms with Gasteiger partial charge in [-0.2, -0.15) is 0 Å². The van der Waals surface area contributed by atoms with Gasteiger partial charge in [-0.1, -0.05) is 31.4 Å². The van der Waals surface area contributed by atoms with Gasteiger partial charge in [-0.25, -0.2) is 0 Å². The molecule has 2 rings (SSSR count). The van der Waals surface area contributed by atoms with Crippen LogP contribution in [-0.4, -0.2) is 6.10 Å². The average Bonchev–Trinajstić information content (AvgIpc) is 2.33. The van der Waals surface area contributed by atoms with Crippen LogP contribution in [0.1, 0.15) is 50.5 Å². The first-order valence-corrected chi connectivity index (χ1v) is 6.93. The van der Waals surface area contributed by atoms with E-state index in [2.05, 4.69) is 31.2 Å². The summed E-state index contributed by atoms with van der Waals surface area (Å²) in [7, 11) is 0. The van der Waals surface area contributed by atoms with Crippen molar-refractivity contribution in [1.29, 1.82) is 0 Å². The van der Waals surface area contributed by atoms with Gasteiger partial charge in [0.25, 0.3) is 0 Å². The van der Waals surface area contributed by atoms with Gasteiger partial charge >= 0.3 is 0 Å². The van der Waals surface area contributed by atoms with Crippen LogP contribution in [0.15, 0.2) is 24.3 Å². The lowest BCUT2D eigenvalue weighted by Gasteiger charge is -2.21. The van der Waals surface area contributed by atoms with Gasteiger partial charge in [0, 0.05) is 0 Å². The Hall–Kier alpha value is -0.980. The van der Waals surface area contributed by atoms with Gasteiger partial charge in [-0.05, 0) is 56.7 Å². The molecule has 17 heavy (non-hydrogen) atoms. The summed E-state index contributed by atoms with van der Waals surface area (Å²) < 4.78 is 6.07. The van der Waals surface area contributed by atoms with Crippen molar-refractivity contribution >= 4 is 0 Å². The van der Waals surface area contributed by atoms with Crippen molar-refractivity contribution in [2.24, 2.45) is 0 Å². The lowest BCUT2D eigenvalue weighted by Crippen LogP contribution is -2.17. The van der Waals surface area contributed by atoms with E-state index in [9.17, 15) is 0 Å². The molecule has 1 fully saturated rings. The Kier molecular flexibility index (Phi) is 4.90. The third-order valence-corrected chi connectivity index (χ3v) is 3.57. The molecule has 0 N–H and O–H groups in total. The number of benzene rings is 1. The first-order chi connectivity index (χ1) is 8.38. The Bertz CT molecular complexity index is 307. The van der Waals surface area contributed by atoms with Crippen molar-refractivity contribution in [1.82, 2.24) is 0 Å². The highest BCUT2D eigenvalue weighted by atomic mass is 16.5. The Labute approximate surface area is 105 Å². The molecule has 1 heteroatoms. The zero-order valence-electron chi connectivity index (χ0n) is 10.7. The van der Waals surface area contributed by atoms with Gasteiger partial charge in [-0.15, -0.1) is 0 Å².